The topological polar surface area (TPSA) is 66.9 Å². The molecule has 5 nitrogen and oxygen atoms in total. The van der Waals surface area contributed by atoms with Crippen molar-refractivity contribution in [3.63, 3.8) is 0 Å². The van der Waals surface area contributed by atoms with Crippen LogP contribution in [-0.2, 0) is 4.79 Å². The van der Waals surface area contributed by atoms with Crippen LogP contribution in [0.2, 0.25) is 5.15 Å². The lowest BCUT2D eigenvalue weighted by Crippen LogP contribution is -2.10. The first kappa shape index (κ1) is 16.8. The lowest BCUT2D eigenvalue weighted by atomic mass is 10.00. The Kier molecular flexibility index (Phi) is 4.44. The van der Waals surface area contributed by atoms with Crippen molar-refractivity contribution in [3.8, 4) is 0 Å². The summed E-state index contributed by atoms with van der Waals surface area (Å²) < 4.78 is 0.895. The van der Waals surface area contributed by atoms with Crippen LogP contribution in [0.1, 0.15) is 11.1 Å². The van der Waals surface area contributed by atoms with E-state index >= 15 is 0 Å². The summed E-state index contributed by atoms with van der Waals surface area (Å²) in [5, 5.41) is 14.1. The van der Waals surface area contributed by atoms with Gasteiger partial charge in [0, 0.05) is 21.8 Å². The molecule has 1 aliphatic heterocycles. The van der Waals surface area contributed by atoms with Crippen LogP contribution in [0.3, 0.4) is 0 Å². The van der Waals surface area contributed by atoms with Crippen molar-refractivity contribution in [1.82, 2.24) is 10.2 Å². The Morgan fingerprint density at radius 3 is 2.69 bits per heavy atom. The van der Waals surface area contributed by atoms with Gasteiger partial charge in [-0.15, -0.1) is 5.10 Å². The highest BCUT2D eigenvalue weighted by Crippen LogP contribution is 2.38. The van der Waals surface area contributed by atoms with Gasteiger partial charge in [0.25, 0.3) is 5.91 Å². The number of anilines is 2. The van der Waals surface area contributed by atoms with Gasteiger partial charge in [-0.05, 0) is 23.8 Å². The van der Waals surface area contributed by atoms with Crippen molar-refractivity contribution in [1.29, 1.82) is 0 Å². The van der Waals surface area contributed by atoms with Gasteiger partial charge < -0.3 is 10.6 Å². The van der Waals surface area contributed by atoms with E-state index in [2.05, 4.69) is 36.8 Å². The number of rotatable bonds is 3. The summed E-state index contributed by atoms with van der Waals surface area (Å²) in [4.78, 5) is 12.7. The molecule has 0 radical (unpaired) electrons. The van der Waals surface area contributed by atoms with Crippen LogP contribution in [0, 0.1) is 0 Å². The van der Waals surface area contributed by atoms with Crippen molar-refractivity contribution in [3.05, 3.63) is 81.5 Å². The molecule has 26 heavy (non-hydrogen) atoms. The van der Waals surface area contributed by atoms with Gasteiger partial charge in [0.1, 0.15) is 0 Å². The van der Waals surface area contributed by atoms with Crippen LogP contribution >= 0.6 is 27.5 Å². The van der Waals surface area contributed by atoms with Crippen molar-refractivity contribution >= 4 is 56.1 Å². The Morgan fingerprint density at radius 2 is 1.92 bits per heavy atom. The van der Waals surface area contributed by atoms with Gasteiger partial charge in [-0.25, -0.2) is 0 Å². The van der Waals surface area contributed by atoms with E-state index in [-0.39, 0.29) is 11.1 Å². The van der Waals surface area contributed by atoms with Gasteiger partial charge in [-0.2, -0.15) is 5.10 Å². The van der Waals surface area contributed by atoms with E-state index in [0.717, 1.165) is 21.3 Å². The Bertz CT molecular complexity index is 1040. The number of hydrogen-bond donors (Lipinski definition) is 2. The maximum absolute atomic E-state index is 12.7. The minimum Gasteiger partial charge on any atom is -0.353 e. The van der Waals surface area contributed by atoms with E-state index < -0.39 is 0 Å². The lowest BCUT2D eigenvalue weighted by Gasteiger charge is -2.14. The molecular weight excluding hydrogens is 416 g/mol. The van der Waals surface area contributed by atoms with Gasteiger partial charge in [0.05, 0.1) is 23.2 Å². The van der Waals surface area contributed by atoms with Crippen LogP contribution in [0.25, 0.3) is 11.3 Å². The lowest BCUT2D eigenvalue weighted by molar-refractivity contribution is -0.110. The average molecular weight is 428 g/mol. The second-order valence-electron chi connectivity index (χ2n) is 5.65. The summed E-state index contributed by atoms with van der Waals surface area (Å²) in [5.74, 6) is -0.169. The molecule has 4 rings (SSSR count). The molecule has 0 saturated heterocycles. The molecule has 2 aromatic carbocycles. The van der Waals surface area contributed by atoms with Crippen molar-refractivity contribution in [2.24, 2.45) is 0 Å². The first-order valence-electron chi connectivity index (χ1n) is 7.78. The number of nitrogens with one attached hydrogen (secondary N) is 2. The zero-order valence-corrected chi connectivity index (χ0v) is 15.7. The van der Waals surface area contributed by atoms with E-state index in [1.54, 1.807) is 12.3 Å². The molecule has 2 heterocycles. The number of carbonyl (C=O) groups excluding carboxylic acids is 1. The highest BCUT2D eigenvalue weighted by atomic mass is 79.9. The molecule has 0 spiro atoms. The normalized spacial score (nSPS) is 14.6. The molecule has 0 bridgehead atoms. The molecule has 7 heteroatoms. The van der Waals surface area contributed by atoms with Gasteiger partial charge in [-0.3, -0.25) is 4.79 Å². The molecule has 0 atom stereocenters. The summed E-state index contributed by atoms with van der Waals surface area (Å²) in [6.07, 6.45) is 1.56. The van der Waals surface area contributed by atoms with E-state index in [0.29, 0.717) is 17.0 Å². The number of fused-ring (bicyclic) bond motifs is 1. The third kappa shape index (κ3) is 3.21. The molecule has 1 aliphatic rings. The minimum atomic E-state index is -0.169. The van der Waals surface area contributed by atoms with Crippen LogP contribution < -0.4 is 10.6 Å². The average Bonchev–Trinajstić information content (AvgIpc) is 2.95. The van der Waals surface area contributed by atoms with Crippen molar-refractivity contribution in [2.45, 2.75) is 0 Å². The number of carbonyl (C=O) groups is 1. The van der Waals surface area contributed by atoms with Crippen LogP contribution in [0.5, 0.6) is 0 Å². The number of aromatic nitrogens is 2. The van der Waals surface area contributed by atoms with Gasteiger partial charge >= 0.3 is 0 Å². The van der Waals surface area contributed by atoms with Gasteiger partial charge in [-0.1, -0.05) is 57.9 Å². The third-order valence-corrected chi connectivity index (χ3v) is 4.61. The number of amides is 1. The van der Waals surface area contributed by atoms with Crippen LogP contribution in [0.15, 0.2) is 65.3 Å². The number of nitrogens with zero attached hydrogens (tertiary/aromatic N) is 2. The molecule has 0 aliphatic carbocycles. The summed E-state index contributed by atoms with van der Waals surface area (Å²) in [5.41, 5.74) is 4.34. The summed E-state index contributed by atoms with van der Waals surface area (Å²) >= 11 is 9.43. The molecule has 0 saturated carbocycles. The number of benzene rings is 2. The summed E-state index contributed by atoms with van der Waals surface area (Å²) in [7, 11) is 0. The predicted molar refractivity (Wildman–Crippen MR) is 107 cm³/mol. The quantitative estimate of drug-likeness (QED) is 0.588. The van der Waals surface area contributed by atoms with Gasteiger partial charge in [0.2, 0.25) is 0 Å². The minimum absolute atomic E-state index is 0.169. The molecule has 0 unspecified atom stereocenters. The zero-order valence-electron chi connectivity index (χ0n) is 13.3. The van der Waals surface area contributed by atoms with E-state index in [9.17, 15) is 4.79 Å². The molecule has 2 N–H and O–H groups in total. The largest absolute Gasteiger partial charge is 0.353 e. The van der Waals surface area contributed by atoms with E-state index in [4.69, 9.17) is 11.6 Å². The Morgan fingerprint density at radius 1 is 1.12 bits per heavy atom. The Balaban J connectivity index is 1.92. The smallest absolute Gasteiger partial charge is 0.258 e. The highest BCUT2D eigenvalue weighted by Gasteiger charge is 2.28. The van der Waals surface area contributed by atoms with Crippen molar-refractivity contribution < 1.29 is 4.79 Å². The molecule has 3 aromatic rings. The fourth-order valence-electron chi connectivity index (χ4n) is 2.82. The van der Waals surface area contributed by atoms with Crippen LogP contribution in [-0.4, -0.2) is 16.1 Å². The summed E-state index contributed by atoms with van der Waals surface area (Å²) in [6, 6.07) is 17.0. The fraction of sp³-hybridized carbons (Fsp3) is 0. The monoisotopic (exact) mass is 426 g/mol. The second-order valence-corrected chi connectivity index (χ2v) is 6.95. The molecular formula is C19H12BrClN4O. The molecule has 0 fully saturated rings. The van der Waals surface area contributed by atoms with Crippen molar-refractivity contribution in [2.75, 3.05) is 10.6 Å². The molecule has 1 amide bonds. The molecule has 128 valence electrons. The standard InChI is InChI=1S/C19H12BrClN4O/c20-12-6-7-15-14(8-12)17(19(26)24-15)18(11-4-2-1-3-5-11)23-13-9-16(21)25-22-10-13/h1-10H,(H,23,25)(H,24,26)/b18-17-. The maximum atomic E-state index is 12.7. The first-order chi connectivity index (χ1) is 12.6. The maximum Gasteiger partial charge on any atom is 0.258 e. The summed E-state index contributed by atoms with van der Waals surface area (Å²) in [6.45, 7) is 0. The number of hydrogen-bond acceptors (Lipinski definition) is 4. The Hall–Kier alpha value is -2.70. The SMILES string of the molecule is O=C1Nc2ccc(Br)cc2/C1=C(/Nc1cnnc(Cl)c1)c1ccccc1. The van der Waals surface area contributed by atoms with E-state index in [1.807, 2.05) is 48.5 Å². The third-order valence-electron chi connectivity index (χ3n) is 3.93. The molecule has 1 aromatic heterocycles. The highest BCUT2D eigenvalue weighted by molar-refractivity contribution is 9.10. The van der Waals surface area contributed by atoms with Crippen LogP contribution in [0.4, 0.5) is 11.4 Å². The Labute approximate surface area is 163 Å². The van der Waals surface area contributed by atoms with Gasteiger partial charge in [0.15, 0.2) is 5.15 Å². The second kappa shape index (κ2) is 6.90. The first-order valence-corrected chi connectivity index (χ1v) is 8.95. The zero-order chi connectivity index (χ0) is 18.1. The predicted octanol–water partition coefficient (Wildman–Crippen LogP) is 4.83. The number of halogens is 2. The van der Waals surface area contributed by atoms with E-state index in [1.165, 1.54) is 0 Å². The fourth-order valence-corrected chi connectivity index (χ4v) is 3.35.